The van der Waals surface area contributed by atoms with Crippen LogP contribution in [0.4, 0.5) is 9.59 Å². The summed E-state index contributed by atoms with van der Waals surface area (Å²) >= 11 is 0. The summed E-state index contributed by atoms with van der Waals surface area (Å²) in [5.41, 5.74) is 6.20. The van der Waals surface area contributed by atoms with Gasteiger partial charge in [-0.3, -0.25) is 0 Å². The second kappa shape index (κ2) is 5.34. The Bertz CT molecular complexity index is 347. The number of carbonyl (C=O) groups excluding carboxylic acids is 2. The van der Waals surface area contributed by atoms with Crippen LogP contribution in [0.3, 0.4) is 0 Å². The molecule has 16 heavy (non-hydrogen) atoms. The summed E-state index contributed by atoms with van der Waals surface area (Å²) in [5, 5.41) is 2.65. The first-order valence-corrected chi connectivity index (χ1v) is 5.16. The molecule has 0 fully saturated rings. The van der Waals surface area contributed by atoms with E-state index in [4.69, 9.17) is 5.73 Å². The molecule has 1 unspecified atom stereocenters. The maximum absolute atomic E-state index is 11.4. The van der Waals surface area contributed by atoms with Crippen LogP contribution in [0.1, 0.15) is 13.3 Å². The lowest BCUT2D eigenvalue weighted by molar-refractivity contribution is 0.199. The molecule has 0 spiro atoms. The number of primary amides is 1. The molecule has 0 aromatic heterocycles. The van der Waals surface area contributed by atoms with Crippen LogP contribution in [0.2, 0.25) is 0 Å². The Balaban J connectivity index is 2.33. The van der Waals surface area contributed by atoms with Crippen LogP contribution in [0.25, 0.3) is 0 Å². The predicted octanol–water partition coefficient (Wildman–Crippen LogP) is 1.23. The summed E-state index contributed by atoms with van der Waals surface area (Å²) in [7, 11) is 1.35. The van der Waals surface area contributed by atoms with E-state index >= 15 is 0 Å². The minimum Gasteiger partial charge on any atom is -0.351 e. The highest BCUT2D eigenvalue weighted by Crippen LogP contribution is 2.14. The molecule has 88 valence electrons. The molecule has 0 radical (unpaired) electrons. The molecule has 1 aliphatic carbocycles. The standard InChI is InChI=1S/C11H17N3O2/c1-8-3-5-9(6-4-8)7-13-11(16)14(2)10(12)15/h3-5,9H,6-7H2,1-2H3,(H2,12,15)(H,13,16). The van der Waals surface area contributed by atoms with Crippen molar-refractivity contribution in [2.45, 2.75) is 13.3 Å². The number of carbonyl (C=O) groups is 2. The van der Waals surface area contributed by atoms with E-state index in [9.17, 15) is 9.59 Å². The van der Waals surface area contributed by atoms with Gasteiger partial charge in [0.15, 0.2) is 0 Å². The van der Waals surface area contributed by atoms with Crippen LogP contribution < -0.4 is 11.1 Å². The number of imide groups is 1. The van der Waals surface area contributed by atoms with Crippen LogP contribution in [0.5, 0.6) is 0 Å². The predicted molar refractivity (Wildman–Crippen MR) is 61.7 cm³/mol. The average molecular weight is 223 g/mol. The average Bonchev–Trinajstić information content (AvgIpc) is 2.26. The van der Waals surface area contributed by atoms with Crippen molar-refractivity contribution in [3.05, 3.63) is 23.8 Å². The molecule has 5 nitrogen and oxygen atoms in total. The molecular formula is C11H17N3O2. The van der Waals surface area contributed by atoms with Crippen LogP contribution in [0.15, 0.2) is 23.8 Å². The van der Waals surface area contributed by atoms with Gasteiger partial charge in [0, 0.05) is 13.6 Å². The number of hydrogen-bond acceptors (Lipinski definition) is 2. The molecular weight excluding hydrogens is 206 g/mol. The molecule has 0 aromatic carbocycles. The summed E-state index contributed by atoms with van der Waals surface area (Å²) in [6.07, 6.45) is 7.11. The smallest absolute Gasteiger partial charge is 0.325 e. The van der Waals surface area contributed by atoms with Crippen LogP contribution in [-0.2, 0) is 0 Å². The third-order valence-electron chi connectivity index (χ3n) is 2.52. The molecule has 1 rings (SSSR count). The summed E-state index contributed by atoms with van der Waals surface area (Å²) in [6.45, 7) is 2.54. The molecule has 0 saturated carbocycles. The van der Waals surface area contributed by atoms with Gasteiger partial charge in [0.05, 0.1) is 0 Å². The van der Waals surface area contributed by atoms with Gasteiger partial charge < -0.3 is 11.1 Å². The number of nitrogens with one attached hydrogen (secondary N) is 1. The minimum absolute atomic E-state index is 0.286. The van der Waals surface area contributed by atoms with E-state index in [0.717, 1.165) is 11.3 Å². The second-order valence-corrected chi connectivity index (χ2v) is 3.89. The molecule has 1 atom stereocenters. The van der Waals surface area contributed by atoms with E-state index in [1.807, 2.05) is 13.0 Å². The van der Waals surface area contributed by atoms with Crippen molar-refractivity contribution in [1.82, 2.24) is 10.2 Å². The zero-order valence-corrected chi connectivity index (χ0v) is 9.56. The molecule has 4 amide bonds. The molecule has 0 heterocycles. The fourth-order valence-electron chi connectivity index (χ4n) is 1.36. The highest BCUT2D eigenvalue weighted by atomic mass is 16.2. The molecule has 3 N–H and O–H groups in total. The van der Waals surface area contributed by atoms with E-state index in [-0.39, 0.29) is 5.92 Å². The monoisotopic (exact) mass is 223 g/mol. The van der Waals surface area contributed by atoms with Crippen molar-refractivity contribution in [2.24, 2.45) is 11.7 Å². The Kier molecular flexibility index (Phi) is 4.10. The fourth-order valence-corrected chi connectivity index (χ4v) is 1.36. The Morgan fingerprint density at radius 2 is 2.31 bits per heavy atom. The van der Waals surface area contributed by atoms with E-state index in [0.29, 0.717) is 6.54 Å². The molecule has 1 aliphatic rings. The topological polar surface area (TPSA) is 75.4 Å². The first kappa shape index (κ1) is 12.3. The molecule has 0 saturated heterocycles. The van der Waals surface area contributed by atoms with Crippen molar-refractivity contribution in [1.29, 1.82) is 0 Å². The highest BCUT2D eigenvalue weighted by Gasteiger charge is 2.14. The number of amides is 4. The largest absolute Gasteiger partial charge is 0.351 e. The number of nitrogens with zero attached hydrogens (tertiary/aromatic N) is 1. The van der Waals surface area contributed by atoms with Crippen molar-refractivity contribution in [3.63, 3.8) is 0 Å². The van der Waals surface area contributed by atoms with Gasteiger partial charge in [-0.2, -0.15) is 0 Å². The summed E-state index contributed by atoms with van der Waals surface area (Å²) in [6, 6.07) is -1.22. The van der Waals surface area contributed by atoms with Gasteiger partial charge in [0.25, 0.3) is 0 Å². The number of urea groups is 2. The van der Waals surface area contributed by atoms with Gasteiger partial charge in [-0.05, 0) is 19.3 Å². The Morgan fingerprint density at radius 3 is 2.81 bits per heavy atom. The lowest BCUT2D eigenvalue weighted by atomic mass is 9.97. The Labute approximate surface area is 95.0 Å². The Hall–Kier alpha value is -1.78. The van der Waals surface area contributed by atoms with Gasteiger partial charge in [0.2, 0.25) is 0 Å². The zero-order chi connectivity index (χ0) is 12.1. The van der Waals surface area contributed by atoms with Crippen LogP contribution in [-0.4, -0.2) is 30.6 Å². The molecule has 5 heteroatoms. The number of rotatable bonds is 2. The molecule has 0 aromatic rings. The summed E-state index contributed by atoms with van der Waals surface area (Å²) < 4.78 is 0. The van der Waals surface area contributed by atoms with Gasteiger partial charge in [-0.25, -0.2) is 14.5 Å². The lowest BCUT2D eigenvalue weighted by Gasteiger charge is -2.18. The number of allylic oxidation sites excluding steroid dienone is 3. The molecule has 0 aliphatic heterocycles. The van der Waals surface area contributed by atoms with Crippen LogP contribution in [0, 0.1) is 5.92 Å². The third kappa shape index (κ3) is 3.42. The minimum atomic E-state index is -0.757. The van der Waals surface area contributed by atoms with E-state index < -0.39 is 12.1 Å². The maximum atomic E-state index is 11.4. The lowest BCUT2D eigenvalue weighted by Crippen LogP contribution is -2.45. The first-order chi connectivity index (χ1) is 7.50. The normalized spacial score (nSPS) is 18.9. The van der Waals surface area contributed by atoms with Gasteiger partial charge in [0.1, 0.15) is 0 Å². The highest BCUT2D eigenvalue weighted by molar-refractivity contribution is 5.92. The van der Waals surface area contributed by atoms with Crippen molar-refractivity contribution >= 4 is 12.1 Å². The third-order valence-corrected chi connectivity index (χ3v) is 2.52. The summed E-state index contributed by atoms with van der Waals surface area (Å²) in [5.74, 6) is 0.286. The van der Waals surface area contributed by atoms with Gasteiger partial charge in [-0.15, -0.1) is 0 Å². The van der Waals surface area contributed by atoms with Crippen molar-refractivity contribution in [3.8, 4) is 0 Å². The Morgan fingerprint density at radius 1 is 1.62 bits per heavy atom. The van der Waals surface area contributed by atoms with E-state index in [1.165, 1.54) is 12.6 Å². The van der Waals surface area contributed by atoms with E-state index in [2.05, 4.69) is 17.5 Å². The van der Waals surface area contributed by atoms with Crippen molar-refractivity contribution in [2.75, 3.05) is 13.6 Å². The van der Waals surface area contributed by atoms with Gasteiger partial charge >= 0.3 is 12.1 Å². The molecule has 0 bridgehead atoms. The fraction of sp³-hybridized carbons (Fsp3) is 0.455. The SMILES string of the molecule is CC1=CCC(CNC(=O)N(C)C(N)=O)C=C1. The summed E-state index contributed by atoms with van der Waals surface area (Å²) in [4.78, 5) is 22.9. The number of hydrogen-bond donors (Lipinski definition) is 2. The first-order valence-electron chi connectivity index (χ1n) is 5.16. The van der Waals surface area contributed by atoms with Crippen molar-refractivity contribution < 1.29 is 9.59 Å². The van der Waals surface area contributed by atoms with Gasteiger partial charge in [-0.1, -0.05) is 23.8 Å². The van der Waals surface area contributed by atoms with Crippen LogP contribution >= 0.6 is 0 Å². The number of nitrogens with two attached hydrogens (primary N) is 1. The zero-order valence-electron chi connectivity index (χ0n) is 9.56. The second-order valence-electron chi connectivity index (χ2n) is 3.89. The quantitative estimate of drug-likeness (QED) is 0.738. The maximum Gasteiger partial charge on any atom is 0.325 e. The van der Waals surface area contributed by atoms with E-state index in [1.54, 1.807) is 0 Å².